The summed E-state index contributed by atoms with van der Waals surface area (Å²) in [7, 11) is 0. The van der Waals surface area contributed by atoms with Crippen LogP contribution in [0.25, 0.3) is 0 Å². The Bertz CT molecular complexity index is 890. The number of hydrogen-bond acceptors (Lipinski definition) is 3. The predicted octanol–water partition coefficient (Wildman–Crippen LogP) is 3.95. The number of urea groups is 1. The summed E-state index contributed by atoms with van der Waals surface area (Å²) in [6.07, 6.45) is 7.39. The second kappa shape index (κ2) is 7.70. The standard InChI is InChI=1S/C23H25N5O/c29-23(26-22(17-7-3-1-4-8-17)18-9-5-2-6-10-18)27-19-11-12-20(27)16-21(15-19)28-24-13-14-25-28/h1-10,13-14,19-22H,11-12,15-16H2,(H,26,29). The molecule has 2 unspecified atom stereocenters. The maximum absolute atomic E-state index is 13.4. The van der Waals surface area contributed by atoms with Crippen LogP contribution >= 0.6 is 0 Å². The van der Waals surface area contributed by atoms with Crippen LogP contribution in [0.5, 0.6) is 0 Å². The highest BCUT2D eigenvalue weighted by molar-refractivity contribution is 5.76. The van der Waals surface area contributed by atoms with E-state index in [1.807, 2.05) is 41.2 Å². The van der Waals surface area contributed by atoms with Crippen LogP contribution in [0.2, 0.25) is 0 Å². The lowest BCUT2D eigenvalue weighted by molar-refractivity contribution is 0.114. The van der Waals surface area contributed by atoms with Crippen molar-refractivity contribution >= 4 is 6.03 Å². The molecule has 1 aromatic heterocycles. The van der Waals surface area contributed by atoms with E-state index >= 15 is 0 Å². The van der Waals surface area contributed by atoms with E-state index in [1.54, 1.807) is 12.4 Å². The summed E-state index contributed by atoms with van der Waals surface area (Å²) in [4.78, 5) is 17.3. The fourth-order valence-electron chi connectivity index (χ4n) is 4.93. The molecular weight excluding hydrogens is 362 g/mol. The lowest BCUT2D eigenvalue weighted by Crippen LogP contribution is -2.52. The molecule has 0 spiro atoms. The number of nitrogens with one attached hydrogen (secondary N) is 1. The first kappa shape index (κ1) is 17.9. The predicted molar refractivity (Wildman–Crippen MR) is 110 cm³/mol. The SMILES string of the molecule is O=C(NC(c1ccccc1)c1ccccc1)N1C2CCC1CC(n1nccn1)C2. The number of fused-ring (bicyclic) bond motifs is 2. The van der Waals surface area contributed by atoms with Gasteiger partial charge in [0.2, 0.25) is 0 Å². The van der Waals surface area contributed by atoms with E-state index in [4.69, 9.17) is 0 Å². The van der Waals surface area contributed by atoms with Crippen molar-refractivity contribution in [3.63, 3.8) is 0 Å². The van der Waals surface area contributed by atoms with E-state index in [2.05, 4.69) is 44.7 Å². The third-order valence-electron chi connectivity index (χ3n) is 6.24. The Labute approximate surface area is 170 Å². The Hall–Kier alpha value is -3.15. The molecule has 148 valence electrons. The van der Waals surface area contributed by atoms with E-state index in [-0.39, 0.29) is 30.2 Å². The minimum absolute atomic E-state index is 0.0297. The van der Waals surface area contributed by atoms with Gasteiger partial charge in [-0.1, -0.05) is 60.7 Å². The molecule has 29 heavy (non-hydrogen) atoms. The molecule has 0 saturated carbocycles. The Morgan fingerprint density at radius 1 is 0.828 bits per heavy atom. The molecule has 2 aliphatic rings. The number of amides is 2. The van der Waals surface area contributed by atoms with E-state index in [9.17, 15) is 4.79 Å². The Morgan fingerprint density at radius 2 is 1.34 bits per heavy atom. The molecule has 2 aromatic carbocycles. The number of carbonyl (C=O) groups excluding carboxylic acids is 1. The number of nitrogens with zero attached hydrogens (tertiary/aromatic N) is 4. The van der Waals surface area contributed by atoms with Gasteiger partial charge in [0, 0.05) is 12.1 Å². The molecule has 5 rings (SSSR count). The van der Waals surface area contributed by atoms with Crippen molar-refractivity contribution in [1.82, 2.24) is 25.2 Å². The molecule has 2 amide bonds. The number of hydrogen-bond donors (Lipinski definition) is 1. The molecule has 2 fully saturated rings. The van der Waals surface area contributed by atoms with E-state index in [1.165, 1.54) is 0 Å². The van der Waals surface area contributed by atoms with Gasteiger partial charge in [-0.3, -0.25) is 0 Å². The van der Waals surface area contributed by atoms with Crippen molar-refractivity contribution in [1.29, 1.82) is 0 Å². The maximum Gasteiger partial charge on any atom is 0.318 e. The van der Waals surface area contributed by atoms with E-state index in [0.717, 1.165) is 36.8 Å². The normalized spacial score (nSPS) is 23.3. The van der Waals surface area contributed by atoms with Crippen LogP contribution in [-0.4, -0.2) is 38.0 Å². The average Bonchev–Trinajstić information content (AvgIpc) is 3.40. The first-order valence-electron chi connectivity index (χ1n) is 10.3. The van der Waals surface area contributed by atoms with Crippen molar-refractivity contribution < 1.29 is 4.79 Å². The van der Waals surface area contributed by atoms with Crippen molar-refractivity contribution in [2.45, 2.75) is 49.9 Å². The van der Waals surface area contributed by atoms with Crippen LogP contribution in [-0.2, 0) is 0 Å². The van der Waals surface area contributed by atoms with Crippen LogP contribution in [0.4, 0.5) is 4.79 Å². The quantitative estimate of drug-likeness (QED) is 0.737. The molecule has 2 saturated heterocycles. The molecule has 3 heterocycles. The fraction of sp³-hybridized carbons (Fsp3) is 0.348. The number of rotatable bonds is 4. The molecule has 0 aliphatic carbocycles. The molecule has 1 N–H and O–H groups in total. The highest BCUT2D eigenvalue weighted by Gasteiger charge is 2.44. The number of aromatic nitrogens is 3. The first-order valence-corrected chi connectivity index (χ1v) is 10.3. The van der Waals surface area contributed by atoms with Gasteiger partial charge < -0.3 is 10.2 Å². The Morgan fingerprint density at radius 3 is 1.86 bits per heavy atom. The Kier molecular flexibility index (Phi) is 4.76. The third kappa shape index (κ3) is 3.50. The number of carbonyl (C=O) groups is 1. The lowest BCUT2D eigenvalue weighted by atomic mass is 9.97. The molecule has 2 aliphatic heterocycles. The van der Waals surface area contributed by atoms with Crippen LogP contribution in [0.3, 0.4) is 0 Å². The molecule has 0 radical (unpaired) electrons. The molecule has 6 heteroatoms. The second-order valence-electron chi connectivity index (χ2n) is 7.97. The van der Waals surface area contributed by atoms with Gasteiger partial charge in [-0.2, -0.15) is 15.0 Å². The zero-order valence-corrected chi connectivity index (χ0v) is 16.3. The molecule has 3 aromatic rings. The molecule has 6 nitrogen and oxygen atoms in total. The zero-order chi connectivity index (χ0) is 19.6. The Balaban J connectivity index is 1.36. The summed E-state index contributed by atoms with van der Waals surface area (Å²) in [5.41, 5.74) is 2.19. The van der Waals surface area contributed by atoms with Crippen LogP contribution in [0.1, 0.15) is 48.9 Å². The average molecular weight is 387 g/mol. The van der Waals surface area contributed by atoms with Gasteiger partial charge in [0.25, 0.3) is 0 Å². The van der Waals surface area contributed by atoms with Gasteiger partial charge in [0.05, 0.1) is 24.5 Å². The van der Waals surface area contributed by atoms with E-state index in [0.29, 0.717) is 0 Å². The summed E-state index contributed by atoms with van der Waals surface area (Å²) >= 11 is 0. The molecular formula is C23H25N5O. The van der Waals surface area contributed by atoms with Gasteiger partial charge in [-0.05, 0) is 36.8 Å². The summed E-state index contributed by atoms with van der Waals surface area (Å²) in [5.74, 6) is 0. The number of benzene rings is 2. The van der Waals surface area contributed by atoms with Crippen molar-refractivity contribution in [3.8, 4) is 0 Å². The smallest absolute Gasteiger partial charge is 0.318 e. The molecule has 2 bridgehead atoms. The van der Waals surface area contributed by atoms with Gasteiger partial charge in [-0.25, -0.2) is 4.79 Å². The first-order chi connectivity index (χ1) is 14.3. The van der Waals surface area contributed by atoms with Crippen molar-refractivity contribution in [2.75, 3.05) is 0 Å². The topological polar surface area (TPSA) is 63.1 Å². The zero-order valence-electron chi connectivity index (χ0n) is 16.3. The second-order valence-corrected chi connectivity index (χ2v) is 7.97. The maximum atomic E-state index is 13.4. The van der Waals surface area contributed by atoms with Crippen LogP contribution in [0, 0.1) is 0 Å². The van der Waals surface area contributed by atoms with Crippen molar-refractivity contribution in [2.24, 2.45) is 0 Å². The minimum Gasteiger partial charge on any atom is -0.327 e. The monoisotopic (exact) mass is 387 g/mol. The summed E-state index contributed by atoms with van der Waals surface area (Å²) in [5, 5.41) is 12.0. The summed E-state index contributed by atoms with van der Waals surface area (Å²) in [6.45, 7) is 0. The minimum atomic E-state index is -0.158. The van der Waals surface area contributed by atoms with Gasteiger partial charge in [-0.15, -0.1) is 0 Å². The fourth-order valence-corrected chi connectivity index (χ4v) is 4.93. The van der Waals surface area contributed by atoms with Gasteiger partial charge in [0.15, 0.2) is 0 Å². The highest BCUT2D eigenvalue weighted by atomic mass is 16.2. The summed E-state index contributed by atoms with van der Waals surface area (Å²) < 4.78 is 0. The lowest BCUT2D eigenvalue weighted by Gasteiger charge is -2.39. The summed E-state index contributed by atoms with van der Waals surface area (Å²) in [6, 6.07) is 21.0. The largest absolute Gasteiger partial charge is 0.327 e. The van der Waals surface area contributed by atoms with Crippen LogP contribution < -0.4 is 5.32 Å². The van der Waals surface area contributed by atoms with Crippen molar-refractivity contribution in [3.05, 3.63) is 84.2 Å². The van der Waals surface area contributed by atoms with Crippen LogP contribution in [0.15, 0.2) is 73.1 Å². The third-order valence-corrected chi connectivity index (χ3v) is 6.24. The highest BCUT2D eigenvalue weighted by Crippen LogP contribution is 2.40. The van der Waals surface area contributed by atoms with E-state index < -0.39 is 0 Å². The van der Waals surface area contributed by atoms with Gasteiger partial charge in [0.1, 0.15) is 0 Å². The van der Waals surface area contributed by atoms with Gasteiger partial charge >= 0.3 is 6.03 Å². The number of piperidine rings is 1. The molecule has 2 atom stereocenters.